The van der Waals surface area contributed by atoms with Crippen molar-refractivity contribution in [2.24, 2.45) is 0 Å². The van der Waals surface area contributed by atoms with Gasteiger partial charge in [0.2, 0.25) is 3.79 Å². The highest BCUT2D eigenvalue weighted by Gasteiger charge is 2.26. The first-order valence-electron chi connectivity index (χ1n) is 4.10. The van der Waals surface area contributed by atoms with Crippen molar-refractivity contribution < 1.29 is 0 Å². The van der Waals surface area contributed by atoms with Crippen molar-refractivity contribution in [2.45, 2.75) is 3.79 Å². The van der Waals surface area contributed by atoms with Gasteiger partial charge in [0.25, 0.3) is 0 Å². The van der Waals surface area contributed by atoms with Crippen LogP contribution in [0.3, 0.4) is 0 Å². The van der Waals surface area contributed by atoms with Crippen molar-refractivity contribution in [3.8, 4) is 0 Å². The molecular weight excluding hydrogens is 320 g/mol. The topological polar surface area (TPSA) is 12.9 Å². The van der Waals surface area contributed by atoms with Gasteiger partial charge in [-0.2, -0.15) is 0 Å². The molecule has 15 heavy (non-hydrogen) atoms. The van der Waals surface area contributed by atoms with Crippen molar-refractivity contribution >= 4 is 61.6 Å². The molecule has 0 amide bonds. The molecule has 0 saturated heterocycles. The standard InChI is InChI=1S/C10H5BrCl3N/c11-8-4-3-7(10(12,13)14)9-6(8)2-1-5-15-9/h1-5H. The minimum Gasteiger partial charge on any atom is -0.256 e. The van der Waals surface area contributed by atoms with E-state index >= 15 is 0 Å². The summed E-state index contributed by atoms with van der Waals surface area (Å²) in [4.78, 5) is 4.23. The third-order valence-corrected chi connectivity index (χ3v) is 3.32. The molecule has 0 saturated carbocycles. The maximum Gasteiger partial charge on any atom is 0.218 e. The summed E-state index contributed by atoms with van der Waals surface area (Å²) >= 11 is 21.0. The van der Waals surface area contributed by atoms with Gasteiger partial charge in [-0.25, -0.2) is 0 Å². The van der Waals surface area contributed by atoms with Crippen molar-refractivity contribution in [3.63, 3.8) is 0 Å². The Morgan fingerprint density at radius 1 is 1.13 bits per heavy atom. The number of fused-ring (bicyclic) bond motifs is 1. The van der Waals surface area contributed by atoms with Crippen LogP contribution in [0.15, 0.2) is 34.9 Å². The Labute approximate surface area is 110 Å². The van der Waals surface area contributed by atoms with Crippen LogP contribution < -0.4 is 0 Å². The lowest BCUT2D eigenvalue weighted by molar-refractivity contribution is 1.23. The molecule has 0 radical (unpaired) electrons. The van der Waals surface area contributed by atoms with Gasteiger partial charge in [-0.15, -0.1) is 0 Å². The lowest BCUT2D eigenvalue weighted by Crippen LogP contribution is -2.02. The Kier molecular flexibility index (Phi) is 3.13. The molecule has 0 bridgehead atoms. The predicted octanol–water partition coefficient (Wildman–Crippen LogP) is 4.82. The number of pyridine rings is 1. The van der Waals surface area contributed by atoms with Gasteiger partial charge in [-0.1, -0.05) is 62.9 Å². The largest absolute Gasteiger partial charge is 0.256 e. The molecule has 1 aromatic heterocycles. The summed E-state index contributed by atoms with van der Waals surface area (Å²) in [5.74, 6) is 0. The fourth-order valence-electron chi connectivity index (χ4n) is 1.37. The van der Waals surface area contributed by atoms with E-state index in [-0.39, 0.29) is 0 Å². The van der Waals surface area contributed by atoms with Crippen LogP contribution in [0.1, 0.15) is 5.56 Å². The molecule has 0 N–H and O–H groups in total. The number of aromatic nitrogens is 1. The van der Waals surface area contributed by atoms with Crippen molar-refractivity contribution in [1.82, 2.24) is 4.98 Å². The van der Waals surface area contributed by atoms with Crippen LogP contribution in [0.25, 0.3) is 10.9 Å². The molecule has 1 nitrogen and oxygen atoms in total. The number of nitrogens with zero attached hydrogens (tertiary/aromatic N) is 1. The summed E-state index contributed by atoms with van der Waals surface area (Å²) in [5.41, 5.74) is 1.29. The van der Waals surface area contributed by atoms with E-state index in [2.05, 4.69) is 20.9 Å². The van der Waals surface area contributed by atoms with E-state index in [1.165, 1.54) is 0 Å². The number of rotatable bonds is 0. The summed E-state index contributed by atoms with van der Waals surface area (Å²) in [6, 6.07) is 7.37. The summed E-state index contributed by atoms with van der Waals surface area (Å²) in [7, 11) is 0. The van der Waals surface area contributed by atoms with E-state index in [1.807, 2.05) is 18.2 Å². The van der Waals surface area contributed by atoms with Crippen LogP contribution in [-0.4, -0.2) is 4.98 Å². The Hall–Kier alpha value is -0.0200. The highest BCUT2D eigenvalue weighted by molar-refractivity contribution is 9.10. The third kappa shape index (κ3) is 2.23. The zero-order chi connectivity index (χ0) is 11.1. The number of hydrogen-bond acceptors (Lipinski definition) is 1. The minimum absolute atomic E-state index is 0.589. The summed E-state index contributed by atoms with van der Waals surface area (Å²) < 4.78 is -0.517. The molecule has 2 rings (SSSR count). The third-order valence-electron chi connectivity index (χ3n) is 2.02. The van der Waals surface area contributed by atoms with Gasteiger partial charge in [0.15, 0.2) is 0 Å². The minimum atomic E-state index is -1.45. The van der Waals surface area contributed by atoms with Gasteiger partial charge in [0.05, 0.1) is 5.52 Å². The van der Waals surface area contributed by atoms with Crippen LogP contribution >= 0.6 is 50.7 Å². The molecule has 1 heterocycles. The van der Waals surface area contributed by atoms with E-state index in [0.29, 0.717) is 11.1 Å². The Bertz CT molecular complexity index is 507. The van der Waals surface area contributed by atoms with Crippen molar-refractivity contribution in [1.29, 1.82) is 0 Å². The van der Waals surface area contributed by atoms with E-state index in [0.717, 1.165) is 9.86 Å². The average Bonchev–Trinajstić information content (AvgIpc) is 2.17. The van der Waals surface area contributed by atoms with Crippen molar-refractivity contribution in [2.75, 3.05) is 0 Å². The number of hydrogen-bond donors (Lipinski definition) is 0. The van der Waals surface area contributed by atoms with Crippen LogP contribution in [0.2, 0.25) is 0 Å². The number of alkyl halides is 3. The van der Waals surface area contributed by atoms with E-state index in [1.54, 1.807) is 12.3 Å². The second kappa shape index (κ2) is 4.10. The predicted molar refractivity (Wildman–Crippen MR) is 68.7 cm³/mol. The first-order valence-corrected chi connectivity index (χ1v) is 6.03. The van der Waals surface area contributed by atoms with Gasteiger partial charge in [0, 0.05) is 21.6 Å². The van der Waals surface area contributed by atoms with Crippen LogP contribution in [0.5, 0.6) is 0 Å². The maximum atomic E-state index is 5.87. The number of benzene rings is 1. The second-order valence-electron chi connectivity index (χ2n) is 2.99. The molecule has 5 heteroatoms. The summed E-state index contributed by atoms with van der Waals surface area (Å²) in [6.45, 7) is 0. The zero-order valence-corrected chi connectivity index (χ0v) is 11.2. The molecule has 0 aliphatic rings. The fourth-order valence-corrected chi connectivity index (χ4v) is 2.28. The van der Waals surface area contributed by atoms with E-state index in [4.69, 9.17) is 34.8 Å². The molecule has 0 unspecified atom stereocenters. The molecule has 0 atom stereocenters. The van der Waals surface area contributed by atoms with Crippen LogP contribution in [0.4, 0.5) is 0 Å². The molecule has 0 fully saturated rings. The first-order chi connectivity index (χ1) is 7.00. The van der Waals surface area contributed by atoms with Gasteiger partial charge < -0.3 is 0 Å². The Balaban J connectivity index is 2.84. The van der Waals surface area contributed by atoms with Gasteiger partial charge in [0.1, 0.15) is 0 Å². The Morgan fingerprint density at radius 3 is 2.53 bits per heavy atom. The highest BCUT2D eigenvalue weighted by atomic mass is 79.9. The van der Waals surface area contributed by atoms with Gasteiger partial charge >= 0.3 is 0 Å². The molecule has 1 aromatic carbocycles. The zero-order valence-electron chi connectivity index (χ0n) is 7.35. The summed E-state index contributed by atoms with van der Waals surface area (Å²) in [5, 5.41) is 0.932. The smallest absolute Gasteiger partial charge is 0.218 e. The van der Waals surface area contributed by atoms with Crippen molar-refractivity contribution in [3.05, 3.63) is 40.5 Å². The lowest BCUT2D eigenvalue weighted by Gasteiger charge is -2.13. The quantitative estimate of drug-likeness (QED) is 0.633. The number of halogens is 4. The molecular formula is C10H5BrCl3N. The molecule has 0 spiro atoms. The van der Waals surface area contributed by atoms with E-state index < -0.39 is 3.79 Å². The Morgan fingerprint density at radius 2 is 1.87 bits per heavy atom. The SMILES string of the molecule is ClC(Cl)(Cl)c1ccc(Br)c2cccnc12. The van der Waals surface area contributed by atoms with Gasteiger partial charge in [-0.3, -0.25) is 4.98 Å². The highest BCUT2D eigenvalue weighted by Crippen LogP contribution is 2.42. The average molecular weight is 325 g/mol. The molecule has 2 aromatic rings. The van der Waals surface area contributed by atoms with Gasteiger partial charge in [-0.05, 0) is 12.1 Å². The maximum absolute atomic E-state index is 5.87. The van der Waals surface area contributed by atoms with Crippen LogP contribution in [-0.2, 0) is 3.79 Å². The van der Waals surface area contributed by atoms with E-state index in [9.17, 15) is 0 Å². The monoisotopic (exact) mass is 323 g/mol. The molecule has 0 aliphatic heterocycles. The normalized spacial score (nSPS) is 12.0. The molecule has 78 valence electrons. The summed E-state index contributed by atoms with van der Waals surface area (Å²) in [6.07, 6.45) is 1.68. The molecule has 0 aliphatic carbocycles. The first kappa shape index (κ1) is 11.5. The van der Waals surface area contributed by atoms with Crippen LogP contribution in [0, 0.1) is 0 Å². The lowest BCUT2D eigenvalue weighted by atomic mass is 10.1. The second-order valence-corrected chi connectivity index (χ2v) is 6.13. The fraction of sp³-hybridized carbons (Fsp3) is 0.100.